The minimum atomic E-state index is -0.724. The highest BCUT2D eigenvalue weighted by Gasteiger charge is 2.07. The van der Waals surface area contributed by atoms with Crippen LogP contribution in [0.2, 0.25) is 0 Å². The van der Waals surface area contributed by atoms with Crippen LogP contribution in [0.25, 0.3) is 28.2 Å². The number of unbranched alkanes of at least 4 members (excludes halogenated alkanes) is 1. The first-order valence-corrected chi connectivity index (χ1v) is 9.43. The van der Waals surface area contributed by atoms with Gasteiger partial charge in [0.2, 0.25) is 0 Å². The molecule has 0 aliphatic rings. The van der Waals surface area contributed by atoms with Crippen molar-refractivity contribution in [2.45, 2.75) is 38.8 Å². The highest BCUT2D eigenvalue weighted by atomic mass is 19.1. The zero-order valence-electron chi connectivity index (χ0n) is 15.7. The second kappa shape index (κ2) is 9.22. The Morgan fingerprint density at radius 1 is 1.15 bits per heavy atom. The first-order chi connectivity index (χ1) is 13.2. The Morgan fingerprint density at radius 3 is 2.70 bits per heavy atom. The molecule has 3 aromatic rings. The standard InChI is InChI=1S/C24H25FN2/c1-3-8-22-19(10-6-4-5-9-18(2)25)11-12-20-17-21(13-14-23(20)22)24-26-15-7-16-27-24/h3,6-7,10-18H,1,4-5,8-9H2,2H3. The topological polar surface area (TPSA) is 25.8 Å². The van der Waals surface area contributed by atoms with Crippen LogP contribution in [0.4, 0.5) is 4.39 Å². The molecular weight excluding hydrogens is 335 g/mol. The number of nitrogens with zero attached hydrogens (tertiary/aromatic N) is 2. The van der Waals surface area contributed by atoms with Gasteiger partial charge in [0.15, 0.2) is 5.82 Å². The summed E-state index contributed by atoms with van der Waals surface area (Å²) in [5.41, 5.74) is 3.47. The number of hydrogen-bond acceptors (Lipinski definition) is 2. The molecule has 0 bridgehead atoms. The third-order valence-electron chi connectivity index (χ3n) is 4.61. The van der Waals surface area contributed by atoms with Gasteiger partial charge in [-0.05, 0) is 66.6 Å². The predicted octanol–water partition coefficient (Wildman–Crippen LogP) is 6.57. The van der Waals surface area contributed by atoms with E-state index in [0.29, 0.717) is 6.42 Å². The van der Waals surface area contributed by atoms with Gasteiger partial charge in [-0.25, -0.2) is 14.4 Å². The highest BCUT2D eigenvalue weighted by molar-refractivity contribution is 5.91. The summed E-state index contributed by atoms with van der Waals surface area (Å²) >= 11 is 0. The molecule has 3 rings (SSSR count). The molecule has 2 nitrogen and oxygen atoms in total. The first kappa shape index (κ1) is 19.0. The predicted molar refractivity (Wildman–Crippen MR) is 112 cm³/mol. The summed E-state index contributed by atoms with van der Waals surface area (Å²) in [7, 11) is 0. The Hall–Kier alpha value is -2.81. The fourth-order valence-corrected chi connectivity index (χ4v) is 3.25. The minimum absolute atomic E-state index is 0.617. The zero-order valence-corrected chi connectivity index (χ0v) is 15.7. The molecule has 0 aliphatic heterocycles. The van der Waals surface area contributed by atoms with Crippen molar-refractivity contribution in [2.75, 3.05) is 0 Å². The normalized spacial score (nSPS) is 12.5. The van der Waals surface area contributed by atoms with E-state index in [9.17, 15) is 4.39 Å². The van der Waals surface area contributed by atoms with E-state index in [1.165, 1.54) is 21.9 Å². The van der Waals surface area contributed by atoms with Crippen LogP contribution in [0.1, 0.15) is 37.3 Å². The van der Waals surface area contributed by atoms with Gasteiger partial charge >= 0.3 is 0 Å². The third kappa shape index (κ3) is 4.88. The van der Waals surface area contributed by atoms with Crippen molar-refractivity contribution in [3.63, 3.8) is 0 Å². The summed E-state index contributed by atoms with van der Waals surface area (Å²) in [6.45, 7) is 5.53. The van der Waals surface area contributed by atoms with E-state index >= 15 is 0 Å². The lowest BCUT2D eigenvalue weighted by atomic mass is 9.94. The SMILES string of the molecule is C=CCc1c(C=CCCCC(C)F)ccc2cc(-c3ncccn3)ccc12. The Kier molecular flexibility index (Phi) is 6.48. The molecule has 27 heavy (non-hydrogen) atoms. The lowest BCUT2D eigenvalue weighted by Crippen LogP contribution is -1.92. The Bertz CT molecular complexity index is 930. The van der Waals surface area contributed by atoms with Crippen LogP contribution in [0, 0.1) is 0 Å². The van der Waals surface area contributed by atoms with Gasteiger partial charge in [-0.1, -0.05) is 42.5 Å². The molecule has 1 unspecified atom stereocenters. The van der Waals surface area contributed by atoms with Gasteiger partial charge in [0, 0.05) is 18.0 Å². The van der Waals surface area contributed by atoms with E-state index in [1.54, 1.807) is 19.3 Å². The number of alkyl halides is 1. The summed E-state index contributed by atoms with van der Waals surface area (Å²) in [5.74, 6) is 0.732. The summed E-state index contributed by atoms with van der Waals surface area (Å²) in [6.07, 6.45) is 12.2. The molecule has 1 aromatic heterocycles. The number of halogens is 1. The van der Waals surface area contributed by atoms with E-state index in [0.717, 1.165) is 30.7 Å². The van der Waals surface area contributed by atoms with Crippen molar-refractivity contribution in [3.8, 4) is 11.4 Å². The van der Waals surface area contributed by atoms with Crippen LogP contribution in [-0.2, 0) is 6.42 Å². The second-order valence-corrected chi connectivity index (χ2v) is 6.75. The van der Waals surface area contributed by atoms with Crippen LogP contribution < -0.4 is 0 Å². The molecule has 0 fully saturated rings. The monoisotopic (exact) mass is 360 g/mol. The fraction of sp³-hybridized carbons (Fsp3) is 0.250. The van der Waals surface area contributed by atoms with Crippen LogP contribution in [0.5, 0.6) is 0 Å². The van der Waals surface area contributed by atoms with Crippen molar-refractivity contribution < 1.29 is 4.39 Å². The molecule has 3 heteroatoms. The molecule has 0 N–H and O–H groups in total. The van der Waals surface area contributed by atoms with Gasteiger partial charge in [0.1, 0.15) is 0 Å². The largest absolute Gasteiger partial charge is 0.248 e. The van der Waals surface area contributed by atoms with E-state index in [1.807, 2.05) is 12.1 Å². The molecule has 1 heterocycles. The number of allylic oxidation sites excluding steroid dienone is 2. The van der Waals surface area contributed by atoms with Crippen molar-refractivity contribution in [1.82, 2.24) is 9.97 Å². The van der Waals surface area contributed by atoms with E-state index in [-0.39, 0.29) is 0 Å². The van der Waals surface area contributed by atoms with Gasteiger partial charge in [0.05, 0.1) is 6.17 Å². The molecular formula is C24H25FN2. The third-order valence-corrected chi connectivity index (χ3v) is 4.61. The number of benzene rings is 2. The van der Waals surface area contributed by atoms with Crippen LogP contribution >= 0.6 is 0 Å². The zero-order chi connectivity index (χ0) is 19.1. The average molecular weight is 360 g/mol. The van der Waals surface area contributed by atoms with Crippen LogP contribution in [0.3, 0.4) is 0 Å². The van der Waals surface area contributed by atoms with Crippen molar-refractivity contribution in [1.29, 1.82) is 0 Å². The lowest BCUT2D eigenvalue weighted by molar-refractivity contribution is 0.335. The van der Waals surface area contributed by atoms with E-state index in [4.69, 9.17) is 0 Å². The highest BCUT2D eigenvalue weighted by Crippen LogP contribution is 2.28. The molecule has 0 saturated heterocycles. The fourth-order valence-electron chi connectivity index (χ4n) is 3.25. The maximum Gasteiger partial charge on any atom is 0.159 e. The van der Waals surface area contributed by atoms with Gasteiger partial charge in [0.25, 0.3) is 0 Å². The number of fused-ring (bicyclic) bond motifs is 1. The summed E-state index contributed by atoms with van der Waals surface area (Å²) in [5, 5.41) is 2.38. The lowest BCUT2D eigenvalue weighted by Gasteiger charge is -2.11. The molecule has 0 spiro atoms. The maximum absolute atomic E-state index is 12.9. The van der Waals surface area contributed by atoms with Crippen molar-refractivity contribution in [3.05, 3.63) is 78.6 Å². The Morgan fingerprint density at radius 2 is 1.96 bits per heavy atom. The van der Waals surface area contributed by atoms with Crippen LogP contribution in [-0.4, -0.2) is 16.1 Å². The molecule has 0 radical (unpaired) electrons. The molecule has 138 valence electrons. The van der Waals surface area contributed by atoms with Gasteiger partial charge in [-0.15, -0.1) is 6.58 Å². The first-order valence-electron chi connectivity index (χ1n) is 9.43. The second-order valence-electron chi connectivity index (χ2n) is 6.75. The Balaban J connectivity index is 1.90. The van der Waals surface area contributed by atoms with Gasteiger partial charge in [-0.3, -0.25) is 0 Å². The maximum atomic E-state index is 12.9. The van der Waals surface area contributed by atoms with Crippen molar-refractivity contribution >= 4 is 16.8 Å². The molecule has 2 aromatic carbocycles. The smallest absolute Gasteiger partial charge is 0.159 e. The Labute approximate surface area is 160 Å². The van der Waals surface area contributed by atoms with E-state index in [2.05, 4.69) is 59.0 Å². The quantitative estimate of drug-likeness (QED) is 0.335. The number of aromatic nitrogens is 2. The minimum Gasteiger partial charge on any atom is -0.248 e. The van der Waals surface area contributed by atoms with Crippen LogP contribution in [0.15, 0.2) is 67.5 Å². The van der Waals surface area contributed by atoms with Gasteiger partial charge < -0.3 is 0 Å². The summed E-state index contributed by atoms with van der Waals surface area (Å²) in [6, 6.07) is 12.4. The number of rotatable bonds is 8. The van der Waals surface area contributed by atoms with E-state index < -0.39 is 6.17 Å². The number of hydrogen-bond donors (Lipinski definition) is 0. The molecule has 0 amide bonds. The average Bonchev–Trinajstić information content (AvgIpc) is 2.69. The molecule has 0 aliphatic carbocycles. The molecule has 1 atom stereocenters. The van der Waals surface area contributed by atoms with Crippen molar-refractivity contribution in [2.24, 2.45) is 0 Å². The van der Waals surface area contributed by atoms with Gasteiger partial charge in [-0.2, -0.15) is 0 Å². The summed E-state index contributed by atoms with van der Waals surface area (Å²) in [4.78, 5) is 8.67. The molecule has 0 saturated carbocycles. The summed E-state index contributed by atoms with van der Waals surface area (Å²) < 4.78 is 12.9.